The van der Waals surface area contributed by atoms with E-state index in [0.717, 1.165) is 12.8 Å². The Morgan fingerprint density at radius 3 is 2.86 bits per heavy atom. The van der Waals surface area contributed by atoms with Gasteiger partial charge >= 0.3 is 12.0 Å². The van der Waals surface area contributed by atoms with Gasteiger partial charge in [-0.2, -0.15) is 0 Å². The lowest BCUT2D eigenvalue weighted by Crippen LogP contribution is -2.53. The number of halogens is 2. The Labute approximate surface area is 136 Å². The molecule has 2 N–H and O–H groups in total. The highest BCUT2D eigenvalue weighted by Crippen LogP contribution is 2.31. The van der Waals surface area contributed by atoms with Crippen molar-refractivity contribution in [3.05, 3.63) is 27.7 Å². The Bertz CT molecular complexity index is 567. The lowest BCUT2D eigenvalue weighted by atomic mass is 9.91. The average molecular weight is 376 g/mol. The molecule has 1 aromatic rings. The summed E-state index contributed by atoms with van der Waals surface area (Å²) in [7, 11) is 0. The minimum atomic E-state index is -0.970. The highest BCUT2D eigenvalue weighted by Gasteiger charge is 2.37. The van der Waals surface area contributed by atoms with Crippen LogP contribution in [0.25, 0.3) is 0 Å². The van der Waals surface area contributed by atoms with Crippen molar-refractivity contribution in [2.24, 2.45) is 5.92 Å². The van der Waals surface area contributed by atoms with Crippen molar-refractivity contribution in [2.75, 3.05) is 11.9 Å². The molecule has 2 unspecified atom stereocenters. The summed E-state index contributed by atoms with van der Waals surface area (Å²) in [6, 6.07) is 3.91. The van der Waals surface area contributed by atoms with Crippen LogP contribution in [0.2, 0.25) is 5.02 Å². The van der Waals surface area contributed by atoms with Crippen molar-refractivity contribution in [1.29, 1.82) is 0 Å². The van der Waals surface area contributed by atoms with E-state index in [4.69, 9.17) is 11.6 Å². The number of likely N-dealkylation sites (tertiary alicyclic amines) is 1. The van der Waals surface area contributed by atoms with Crippen LogP contribution < -0.4 is 5.32 Å². The zero-order valence-corrected chi connectivity index (χ0v) is 13.8. The number of carboxylic acids is 1. The first-order chi connectivity index (χ1) is 9.91. The van der Waals surface area contributed by atoms with Gasteiger partial charge in [0.05, 0.1) is 15.2 Å². The first kappa shape index (κ1) is 16.1. The molecule has 0 bridgehead atoms. The van der Waals surface area contributed by atoms with Crippen LogP contribution in [0.3, 0.4) is 0 Å². The highest BCUT2D eigenvalue weighted by atomic mass is 79.9. The summed E-state index contributed by atoms with van der Waals surface area (Å²) in [5, 5.41) is 12.5. The molecule has 1 aliphatic rings. The largest absolute Gasteiger partial charge is 0.480 e. The Hall–Kier alpha value is -1.27. The third-order valence-corrected chi connectivity index (χ3v) is 5.04. The first-order valence-corrected chi connectivity index (χ1v) is 7.83. The normalized spacial score (nSPS) is 22.0. The van der Waals surface area contributed by atoms with Gasteiger partial charge in [-0.15, -0.1) is 0 Å². The molecule has 7 heteroatoms. The van der Waals surface area contributed by atoms with Crippen molar-refractivity contribution in [1.82, 2.24) is 4.90 Å². The summed E-state index contributed by atoms with van der Waals surface area (Å²) < 4.78 is 0.581. The molecule has 2 rings (SSSR count). The number of benzene rings is 1. The summed E-state index contributed by atoms with van der Waals surface area (Å²) in [6.07, 6.45) is 1.61. The molecular formula is C14H16BrClN2O3. The lowest BCUT2D eigenvalue weighted by Gasteiger charge is -2.37. The zero-order valence-electron chi connectivity index (χ0n) is 11.5. The van der Waals surface area contributed by atoms with Crippen molar-refractivity contribution in [3.63, 3.8) is 0 Å². The number of anilines is 1. The number of hydrogen-bond donors (Lipinski definition) is 2. The number of carbonyl (C=O) groups is 2. The standard InChI is InChI=1S/C14H16BrClN2O3/c1-8-4-3-7-18(12(8)13(19)20)14(21)17-10-6-2-5-9(16)11(10)15/h2,5-6,8,12H,3-4,7H2,1H3,(H,17,21)(H,19,20). The van der Waals surface area contributed by atoms with E-state index >= 15 is 0 Å². The van der Waals surface area contributed by atoms with Crippen LogP contribution in [0.1, 0.15) is 19.8 Å². The van der Waals surface area contributed by atoms with Gasteiger partial charge in [0.25, 0.3) is 0 Å². The second-order valence-electron chi connectivity index (χ2n) is 5.13. The second kappa shape index (κ2) is 6.66. The molecule has 1 saturated heterocycles. The molecule has 0 aromatic heterocycles. The fraction of sp³-hybridized carbons (Fsp3) is 0.429. The second-order valence-corrected chi connectivity index (χ2v) is 6.33. The molecule has 0 saturated carbocycles. The van der Waals surface area contributed by atoms with E-state index < -0.39 is 18.0 Å². The number of carbonyl (C=O) groups excluding carboxylic acids is 1. The smallest absolute Gasteiger partial charge is 0.326 e. The van der Waals surface area contributed by atoms with Crippen LogP contribution in [0.15, 0.2) is 22.7 Å². The molecule has 0 spiro atoms. The van der Waals surface area contributed by atoms with Gasteiger partial charge in [0.15, 0.2) is 0 Å². The van der Waals surface area contributed by atoms with E-state index in [1.54, 1.807) is 18.2 Å². The predicted octanol–water partition coefficient (Wildman–Crippen LogP) is 3.82. The molecule has 1 aliphatic heterocycles. The number of aliphatic carboxylic acids is 1. The van der Waals surface area contributed by atoms with Crippen molar-refractivity contribution in [2.45, 2.75) is 25.8 Å². The minimum Gasteiger partial charge on any atom is -0.480 e. The average Bonchev–Trinajstić information content (AvgIpc) is 2.43. The molecule has 1 aromatic carbocycles. The van der Waals surface area contributed by atoms with E-state index in [1.807, 2.05) is 6.92 Å². The van der Waals surface area contributed by atoms with Crippen LogP contribution in [-0.4, -0.2) is 34.6 Å². The van der Waals surface area contributed by atoms with E-state index in [2.05, 4.69) is 21.2 Å². The fourth-order valence-electron chi connectivity index (χ4n) is 2.58. The minimum absolute atomic E-state index is 0.0650. The molecule has 1 heterocycles. The van der Waals surface area contributed by atoms with Crippen LogP contribution >= 0.6 is 27.5 Å². The summed E-state index contributed by atoms with van der Waals surface area (Å²) in [6.45, 7) is 2.29. The van der Waals surface area contributed by atoms with Gasteiger partial charge in [0.2, 0.25) is 0 Å². The van der Waals surface area contributed by atoms with E-state index in [-0.39, 0.29) is 5.92 Å². The summed E-state index contributed by atoms with van der Waals surface area (Å²) in [5.41, 5.74) is 0.523. The molecule has 5 nitrogen and oxygen atoms in total. The Morgan fingerprint density at radius 2 is 2.19 bits per heavy atom. The number of carboxylic acid groups (broad SMARTS) is 1. The Morgan fingerprint density at radius 1 is 1.48 bits per heavy atom. The number of rotatable bonds is 2. The van der Waals surface area contributed by atoms with Crippen LogP contribution in [0.4, 0.5) is 10.5 Å². The third kappa shape index (κ3) is 3.49. The number of nitrogens with zero attached hydrogens (tertiary/aromatic N) is 1. The molecule has 1 fully saturated rings. The monoisotopic (exact) mass is 374 g/mol. The van der Waals surface area contributed by atoms with Gasteiger partial charge in [0.1, 0.15) is 6.04 Å². The fourth-order valence-corrected chi connectivity index (χ4v) is 3.12. The predicted molar refractivity (Wildman–Crippen MR) is 84.7 cm³/mol. The number of piperidine rings is 1. The molecule has 2 amide bonds. The van der Waals surface area contributed by atoms with E-state index in [1.165, 1.54) is 4.90 Å². The maximum Gasteiger partial charge on any atom is 0.326 e. The van der Waals surface area contributed by atoms with Gasteiger partial charge in [-0.05, 0) is 46.8 Å². The molecule has 114 valence electrons. The SMILES string of the molecule is CC1CCCN(C(=O)Nc2cccc(Cl)c2Br)C1C(=O)O. The number of urea groups is 1. The van der Waals surface area contributed by atoms with E-state index in [9.17, 15) is 14.7 Å². The molecule has 21 heavy (non-hydrogen) atoms. The van der Waals surface area contributed by atoms with Crippen LogP contribution in [-0.2, 0) is 4.79 Å². The maximum absolute atomic E-state index is 12.4. The third-order valence-electron chi connectivity index (χ3n) is 3.64. The van der Waals surface area contributed by atoms with Crippen molar-refractivity contribution >= 4 is 45.2 Å². The van der Waals surface area contributed by atoms with Crippen molar-refractivity contribution in [3.8, 4) is 0 Å². The van der Waals surface area contributed by atoms with Gasteiger partial charge in [-0.3, -0.25) is 0 Å². The van der Waals surface area contributed by atoms with E-state index in [0.29, 0.717) is 21.7 Å². The Kier molecular flexibility index (Phi) is 5.11. The topological polar surface area (TPSA) is 69.6 Å². The molecular weight excluding hydrogens is 360 g/mol. The van der Waals surface area contributed by atoms with Crippen molar-refractivity contribution < 1.29 is 14.7 Å². The summed E-state index contributed by atoms with van der Waals surface area (Å²) >= 11 is 9.29. The molecule has 0 radical (unpaired) electrons. The molecule has 0 aliphatic carbocycles. The zero-order chi connectivity index (χ0) is 15.6. The number of hydrogen-bond acceptors (Lipinski definition) is 2. The van der Waals surface area contributed by atoms with Gasteiger partial charge < -0.3 is 15.3 Å². The number of amides is 2. The lowest BCUT2D eigenvalue weighted by molar-refractivity contribution is -0.145. The number of nitrogens with one attached hydrogen (secondary N) is 1. The quantitative estimate of drug-likeness (QED) is 0.825. The van der Waals surface area contributed by atoms with Gasteiger partial charge in [0, 0.05) is 6.54 Å². The Balaban J connectivity index is 2.18. The maximum atomic E-state index is 12.4. The van der Waals surface area contributed by atoms with Gasteiger partial charge in [-0.25, -0.2) is 9.59 Å². The summed E-state index contributed by atoms with van der Waals surface area (Å²) in [5.74, 6) is -1.03. The highest BCUT2D eigenvalue weighted by molar-refractivity contribution is 9.10. The summed E-state index contributed by atoms with van der Waals surface area (Å²) in [4.78, 5) is 25.2. The van der Waals surface area contributed by atoms with Crippen LogP contribution in [0.5, 0.6) is 0 Å². The van der Waals surface area contributed by atoms with Gasteiger partial charge in [-0.1, -0.05) is 24.6 Å². The first-order valence-electron chi connectivity index (χ1n) is 6.66. The van der Waals surface area contributed by atoms with Crippen LogP contribution in [0, 0.1) is 5.92 Å². The molecule has 2 atom stereocenters.